The molecule has 0 amide bonds. The molecular weight excluding hydrogens is 356 g/mol. The minimum Gasteiger partial charge on any atom is -0.378 e. The van der Waals surface area contributed by atoms with Gasteiger partial charge < -0.3 is 14.5 Å². The number of hydrogen-bond donors (Lipinski definition) is 0. The Morgan fingerprint density at radius 1 is 0.897 bits per heavy atom. The first-order chi connectivity index (χ1) is 14.1. The van der Waals surface area contributed by atoms with Crippen molar-refractivity contribution in [3.63, 3.8) is 0 Å². The van der Waals surface area contributed by atoms with Gasteiger partial charge in [-0.15, -0.1) is 0 Å². The molecule has 1 aliphatic rings. The maximum Gasteiger partial charge on any atom is 0.0642 e. The van der Waals surface area contributed by atoms with E-state index in [0.29, 0.717) is 0 Å². The summed E-state index contributed by atoms with van der Waals surface area (Å²) in [6, 6.07) is 18.3. The van der Waals surface area contributed by atoms with E-state index in [1.54, 1.807) is 0 Å². The second-order valence-corrected chi connectivity index (χ2v) is 8.61. The summed E-state index contributed by atoms with van der Waals surface area (Å²) >= 11 is 0. The van der Waals surface area contributed by atoms with Crippen molar-refractivity contribution in [1.29, 1.82) is 0 Å². The molecule has 0 radical (unpaired) electrons. The fourth-order valence-electron chi connectivity index (χ4n) is 4.57. The van der Waals surface area contributed by atoms with Gasteiger partial charge >= 0.3 is 0 Å². The Kier molecular flexibility index (Phi) is 7.74. The molecule has 158 valence electrons. The number of hydrogen-bond acceptors (Lipinski definition) is 3. The average molecular weight is 395 g/mol. The van der Waals surface area contributed by atoms with Crippen LogP contribution in [0.5, 0.6) is 0 Å². The van der Waals surface area contributed by atoms with E-state index in [0.717, 1.165) is 52.0 Å². The van der Waals surface area contributed by atoms with Gasteiger partial charge in [-0.3, -0.25) is 0 Å². The number of likely N-dealkylation sites (N-methyl/N-ethyl adjacent to an activating group) is 1. The molecule has 3 heteroatoms. The van der Waals surface area contributed by atoms with E-state index in [2.05, 4.69) is 86.3 Å². The summed E-state index contributed by atoms with van der Waals surface area (Å²) in [5.74, 6) is 0. The minimum atomic E-state index is 0.129. The number of morpholine rings is 1. The zero-order chi connectivity index (χ0) is 20.7. The number of anilines is 1. The second-order valence-electron chi connectivity index (χ2n) is 8.61. The third kappa shape index (κ3) is 5.40. The van der Waals surface area contributed by atoms with Crippen molar-refractivity contribution in [2.24, 2.45) is 0 Å². The predicted octanol–water partition coefficient (Wildman–Crippen LogP) is 4.97. The lowest BCUT2D eigenvalue weighted by atomic mass is 9.80. The molecule has 1 heterocycles. The Hall–Kier alpha value is -1.84. The number of nitrogens with zero attached hydrogens (tertiary/aromatic N) is 2. The molecule has 2 aromatic carbocycles. The van der Waals surface area contributed by atoms with E-state index in [1.807, 2.05) is 0 Å². The smallest absolute Gasteiger partial charge is 0.0642 e. The first-order valence-corrected chi connectivity index (χ1v) is 11.2. The van der Waals surface area contributed by atoms with Crippen LogP contribution in [0.15, 0.2) is 48.5 Å². The van der Waals surface area contributed by atoms with Gasteiger partial charge in [-0.05, 0) is 68.6 Å². The van der Waals surface area contributed by atoms with E-state index < -0.39 is 0 Å². The Balaban J connectivity index is 1.80. The summed E-state index contributed by atoms with van der Waals surface area (Å²) in [6.07, 6.45) is 5.66. The summed E-state index contributed by atoms with van der Waals surface area (Å²) in [6.45, 7) is 8.25. The monoisotopic (exact) mass is 394 g/mol. The molecule has 29 heavy (non-hydrogen) atoms. The van der Waals surface area contributed by atoms with Crippen molar-refractivity contribution in [3.8, 4) is 0 Å². The molecule has 0 aromatic heterocycles. The summed E-state index contributed by atoms with van der Waals surface area (Å²) in [5, 5.41) is 0. The summed E-state index contributed by atoms with van der Waals surface area (Å²) in [5.41, 5.74) is 5.89. The van der Waals surface area contributed by atoms with Gasteiger partial charge in [0.25, 0.3) is 0 Å². The third-order valence-corrected chi connectivity index (χ3v) is 6.61. The van der Waals surface area contributed by atoms with Crippen molar-refractivity contribution in [1.82, 2.24) is 4.90 Å². The molecule has 0 N–H and O–H groups in total. The zero-order valence-corrected chi connectivity index (χ0v) is 18.8. The molecule has 0 bridgehead atoms. The molecular formula is C26H38N2O. The number of aryl methyl sites for hydroxylation is 1. The average Bonchev–Trinajstić information content (AvgIpc) is 2.75. The highest BCUT2D eigenvalue weighted by atomic mass is 16.5. The van der Waals surface area contributed by atoms with Crippen LogP contribution >= 0.6 is 0 Å². The van der Waals surface area contributed by atoms with Crippen LogP contribution in [0.3, 0.4) is 0 Å². The third-order valence-electron chi connectivity index (χ3n) is 6.61. The van der Waals surface area contributed by atoms with Gasteiger partial charge in [-0.2, -0.15) is 0 Å². The Bertz CT molecular complexity index is 750. The zero-order valence-electron chi connectivity index (χ0n) is 18.8. The van der Waals surface area contributed by atoms with Crippen LogP contribution in [0.25, 0.3) is 0 Å². The van der Waals surface area contributed by atoms with Crippen LogP contribution in [0.4, 0.5) is 5.69 Å². The molecule has 3 nitrogen and oxygen atoms in total. The van der Waals surface area contributed by atoms with Crippen LogP contribution in [-0.2, 0) is 24.0 Å². The van der Waals surface area contributed by atoms with Gasteiger partial charge in [-0.25, -0.2) is 0 Å². The molecule has 1 unspecified atom stereocenters. The molecule has 1 fully saturated rings. The lowest BCUT2D eigenvalue weighted by Gasteiger charge is -2.40. The molecule has 2 aromatic rings. The van der Waals surface area contributed by atoms with Gasteiger partial charge in [-0.1, -0.05) is 56.7 Å². The first-order valence-electron chi connectivity index (χ1n) is 11.2. The van der Waals surface area contributed by atoms with Crippen LogP contribution < -0.4 is 4.90 Å². The maximum atomic E-state index is 5.49. The highest BCUT2D eigenvalue weighted by molar-refractivity contribution is 5.48. The van der Waals surface area contributed by atoms with Gasteiger partial charge in [0.05, 0.1) is 13.2 Å². The highest BCUT2D eigenvalue weighted by Crippen LogP contribution is 2.30. The van der Waals surface area contributed by atoms with E-state index in [1.165, 1.54) is 28.8 Å². The summed E-state index contributed by atoms with van der Waals surface area (Å²) in [4.78, 5) is 4.87. The molecule has 0 saturated carbocycles. The largest absolute Gasteiger partial charge is 0.378 e. The summed E-state index contributed by atoms with van der Waals surface area (Å²) in [7, 11) is 4.49. The lowest BCUT2D eigenvalue weighted by Crippen LogP contribution is -2.47. The number of benzene rings is 2. The van der Waals surface area contributed by atoms with Crippen molar-refractivity contribution in [2.75, 3.05) is 45.3 Å². The van der Waals surface area contributed by atoms with Crippen LogP contribution in [0, 0.1) is 0 Å². The predicted molar refractivity (Wildman–Crippen MR) is 124 cm³/mol. The van der Waals surface area contributed by atoms with Gasteiger partial charge in [0.15, 0.2) is 0 Å². The second kappa shape index (κ2) is 10.3. The minimum absolute atomic E-state index is 0.129. The van der Waals surface area contributed by atoms with Crippen molar-refractivity contribution in [2.45, 2.75) is 51.5 Å². The molecule has 1 saturated heterocycles. The van der Waals surface area contributed by atoms with Crippen LogP contribution in [0.2, 0.25) is 0 Å². The lowest BCUT2D eigenvalue weighted by molar-refractivity contribution is 0.122. The number of rotatable bonds is 9. The quantitative estimate of drug-likeness (QED) is 0.597. The van der Waals surface area contributed by atoms with Gasteiger partial charge in [0.2, 0.25) is 0 Å². The standard InChI is InChI=1S/C26H38N2O/c1-5-9-23-10-7-8-11-24(23)21-26(6-2,27(3)4)20-22-12-14-25(15-13-22)28-16-18-29-19-17-28/h7-8,10-15H,5-6,9,16-21H2,1-4H3. The number of ether oxygens (including phenoxy) is 1. The van der Waals surface area contributed by atoms with Crippen molar-refractivity contribution in [3.05, 3.63) is 65.2 Å². The Labute approximate surface area is 177 Å². The maximum absolute atomic E-state index is 5.49. The first kappa shape index (κ1) is 21.9. The molecule has 0 spiro atoms. The molecule has 1 aliphatic heterocycles. The fourth-order valence-corrected chi connectivity index (χ4v) is 4.57. The van der Waals surface area contributed by atoms with Crippen molar-refractivity contribution >= 4 is 5.69 Å². The Morgan fingerprint density at radius 3 is 2.14 bits per heavy atom. The van der Waals surface area contributed by atoms with Crippen LogP contribution in [-0.4, -0.2) is 50.8 Å². The van der Waals surface area contributed by atoms with Gasteiger partial charge in [0.1, 0.15) is 0 Å². The van der Waals surface area contributed by atoms with Crippen molar-refractivity contribution < 1.29 is 4.74 Å². The molecule has 1 atom stereocenters. The molecule has 0 aliphatic carbocycles. The van der Waals surface area contributed by atoms with Crippen LogP contribution in [0.1, 0.15) is 43.4 Å². The van der Waals surface area contributed by atoms with E-state index in [-0.39, 0.29) is 5.54 Å². The normalized spacial score (nSPS) is 16.8. The summed E-state index contributed by atoms with van der Waals surface area (Å²) < 4.78 is 5.49. The van der Waals surface area contributed by atoms with E-state index >= 15 is 0 Å². The molecule has 3 rings (SSSR count). The SMILES string of the molecule is CCCc1ccccc1CC(CC)(Cc1ccc(N2CCOCC2)cc1)N(C)C. The van der Waals surface area contributed by atoms with Gasteiger partial charge in [0, 0.05) is 24.3 Å². The van der Waals surface area contributed by atoms with E-state index in [9.17, 15) is 0 Å². The fraction of sp³-hybridized carbons (Fsp3) is 0.538. The topological polar surface area (TPSA) is 15.7 Å². The Morgan fingerprint density at radius 2 is 1.55 bits per heavy atom. The highest BCUT2D eigenvalue weighted by Gasteiger charge is 2.32. The van der Waals surface area contributed by atoms with E-state index in [4.69, 9.17) is 4.74 Å².